The number of nitrogens with one attached hydrogen (secondary N) is 1. The summed E-state index contributed by atoms with van der Waals surface area (Å²) in [6.07, 6.45) is 0.754. The van der Waals surface area contributed by atoms with Crippen LogP contribution in [-0.4, -0.2) is 43.1 Å². The Kier molecular flexibility index (Phi) is 6.84. The van der Waals surface area contributed by atoms with Crippen LogP contribution >= 0.6 is 0 Å². The molecule has 2 amide bonds. The van der Waals surface area contributed by atoms with Crippen LogP contribution in [0.25, 0.3) is 0 Å². The number of benzene rings is 2. The van der Waals surface area contributed by atoms with Gasteiger partial charge >= 0.3 is 12.1 Å². The predicted molar refractivity (Wildman–Crippen MR) is 107 cm³/mol. The molecule has 7 heteroatoms. The van der Waals surface area contributed by atoms with Gasteiger partial charge in [0, 0.05) is 24.7 Å². The topological polar surface area (TPSA) is 84.9 Å². The van der Waals surface area contributed by atoms with Crippen molar-refractivity contribution in [2.45, 2.75) is 19.4 Å². The van der Waals surface area contributed by atoms with Gasteiger partial charge in [-0.25, -0.2) is 9.59 Å². The first kappa shape index (κ1) is 20.4. The molecule has 1 aliphatic rings. The minimum atomic E-state index is -0.455. The van der Waals surface area contributed by atoms with Crippen molar-refractivity contribution < 1.29 is 23.9 Å². The Balaban J connectivity index is 1.47. The molecule has 152 valence electrons. The van der Waals surface area contributed by atoms with Gasteiger partial charge in [0.15, 0.2) is 0 Å². The zero-order valence-electron chi connectivity index (χ0n) is 16.3. The number of nitrogens with zero attached hydrogens (tertiary/aromatic N) is 1. The first-order valence-electron chi connectivity index (χ1n) is 9.51. The smallest absolute Gasteiger partial charge is 0.410 e. The maximum Gasteiger partial charge on any atom is 0.410 e. The van der Waals surface area contributed by atoms with E-state index in [1.165, 1.54) is 7.11 Å². The first-order chi connectivity index (χ1) is 14.1. The number of piperidine rings is 1. The summed E-state index contributed by atoms with van der Waals surface area (Å²) < 4.78 is 10.0. The lowest BCUT2D eigenvalue weighted by Crippen LogP contribution is -2.41. The van der Waals surface area contributed by atoms with Gasteiger partial charge in [0.25, 0.3) is 0 Å². The Morgan fingerprint density at radius 2 is 1.76 bits per heavy atom. The molecule has 1 N–H and O–H groups in total. The van der Waals surface area contributed by atoms with Crippen molar-refractivity contribution in [3.63, 3.8) is 0 Å². The minimum absolute atomic E-state index is 0.121. The lowest BCUT2D eigenvalue weighted by molar-refractivity contribution is -0.121. The molecule has 3 rings (SSSR count). The molecule has 1 saturated heterocycles. The highest BCUT2D eigenvalue weighted by Crippen LogP contribution is 2.21. The molecule has 0 spiro atoms. The van der Waals surface area contributed by atoms with Crippen LogP contribution in [0.2, 0.25) is 0 Å². The molecule has 0 bridgehead atoms. The molecular formula is C22H24N2O5. The monoisotopic (exact) mass is 396 g/mol. The molecule has 7 nitrogen and oxygen atoms in total. The molecule has 0 saturated carbocycles. The van der Waals surface area contributed by atoms with E-state index in [9.17, 15) is 14.4 Å². The van der Waals surface area contributed by atoms with E-state index < -0.39 is 5.97 Å². The van der Waals surface area contributed by atoms with Crippen molar-refractivity contribution in [2.24, 2.45) is 5.92 Å². The van der Waals surface area contributed by atoms with E-state index in [2.05, 4.69) is 5.32 Å². The number of esters is 1. The molecule has 1 aliphatic heterocycles. The normalized spacial score (nSPS) is 14.2. The number of rotatable bonds is 5. The number of amides is 2. The average molecular weight is 396 g/mol. The second kappa shape index (κ2) is 9.73. The van der Waals surface area contributed by atoms with Gasteiger partial charge in [-0.15, -0.1) is 0 Å². The van der Waals surface area contributed by atoms with Crippen LogP contribution in [0, 0.1) is 5.92 Å². The fraction of sp³-hybridized carbons (Fsp3) is 0.318. The number of hydrogen-bond acceptors (Lipinski definition) is 5. The van der Waals surface area contributed by atoms with Crippen molar-refractivity contribution >= 4 is 23.7 Å². The fourth-order valence-electron chi connectivity index (χ4n) is 3.22. The van der Waals surface area contributed by atoms with Crippen LogP contribution in [0.3, 0.4) is 0 Å². The third-order valence-corrected chi connectivity index (χ3v) is 4.88. The van der Waals surface area contributed by atoms with Crippen molar-refractivity contribution in [1.29, 1.82) is 0 Å². The minimum Gasteiger partial charge on any atom is -0.465 e. The highest BCUT2D eigenvalue weighted by atomic mass is 16.6. The van der Waals surface area contributed by atoms with Gasteiger partial charge in [-0.3, -0.25) is 4.79 Å². The van der Waals surface area contributed by atoms with E-state index >= 15 is 0 Å². The van der Waals surface area contributed by atoms with E-state index in [1.807, 2.05) is 30.3 Å². The second-order valence-corrected chi connectivity index (χ2v) is 6.86. The Morgan fingerprint density at radius 3 is 2.45 bits per heavy atom. The largest absolute Gasteiger partial charge is 0.465 e. The van der Waals surface area contributed by atoms with Gasteiger partial charge in [0.05, 0.1) is 12.7 Å². The van der Waals surface area contributed by atoms with Crippen LogP contribution in [0.1, 0.15) is 28.8 Å². The summed E-state index contributed by atoms with van der Waals surface area (Å²) in [4.78, 5) is 38.0. The van der Waals surface area contributed by atoms with E-state index in [1.54, 1.807) is 29.2 Å². The molecule has 1 heterocycles. The molecular weight excluding hydrogens is 372 g/mol. The predicted octanol–water partition coefficient (Wildman–Crippen LogP) is 3.46. The number of likely N-dealkylation sites (tertiary alicyclic amines) is 1. The van der Waals surface area contributed by atoms with Crippen LogP contribution in [0.15, 0.2) is 54.6 Å². The summed E-state index contributed by atoms with van der Waals surface area (Å²) in [5, 5.41) is 2.84. The van der Waals surface area contributed by atoms with Crippen molar-refractivity contribution in [3.05, 3.63) is 65.7 Å². The standard InChI is InChI=1S/C22H24N2O5/c1-28-21(26)18-8-5-9-19(14-18)23-20(25)17-10-12-24(13-11-17)22(27)29-15-16-6-3-2-4-7-16/h2-9,14,17H,10-13,15H2,1H3,(H,23,25). The Bertz CT molecular complexity index is 861. The van der Waals surface area contributed by atoms with Crippen LogP contribution in [0.5, 0.6) is 0 Å². The lowest BCUT2D eigenvalue weighted by Gasteiger charge is -2.30. The van der Waals surface area contributed by atoms with Crippen molar-refractivity contribution in [1.82, 2.24) is 4.90 Å². The molecule has 0 aliphatic carbocycles. The Hall–Kier alpha value is -3.35. The summed E-state index contributed by atoms with van der Waals surface area (Å²) in [5.74, 6) is -0.775. The van der Waals surface area contributed by atoms with Gasteiger partial charge < -0.3 is 19.7 Å². The molecule has 2 aromatic rings. The second-order valence-electron chi connectivity index (χ2n) is 6.86. The van der Waals surface area contributed by atoms with E-state index in [-0.39, 0.29) is 24.5 Å². The maximum absolute atomic E-state index is 12.5. The maximum atomic E-state index is 12.5. The lowest BCUT2D eigenvalue weighted by atomic mass is 9.96. The van der Waals surface area contributed by atoms with E-state index in [0.717, 1.165) is 5.56 Å². The highest BCUT2D eigenvalue weighted by Gasteiger charge is 2.28. The SMILES string of the molecule is COC(=O)c1cccc(NC(=O)C2CCN(C(=O)OCc3ccccc3)CC2)c1. The summed E-state index contributed by atoms with van der Waals surface area (Å²) in [5.41, 5.74) is 1.85. The zero-order valence-corrected chi connectivity index (χ0v) is 16.3. The van der Waals surface area contributed by atoms with Crippen molar-refractivity contribution in [3.8, 4) is 0 Å². The van der Waals surface area contributed by atoms with Crippen molar-refractivity contribution in [2.75, 3.05) is 25.5 Å². The molecule has 0 unspecified atom stereocenters. The third-order valence-electron chi connectivity index (χ3n) is 4.88. The fourth-order valence-corrected chi connectivity index (χ4v) is 3.22. The quantitative estimate of drug-likeness (QED) is 0.783. The third kappa shape index (κ3) is 5.57. The number of methoxy groups -OCH3 is 1. The van der Waals surface area contributed by atoms with Crippen LogP contribution in [-0.2, 0) is 20.9 Å². The molecule has 0 aromatic heterocycles. The van der Waals surface area contributed by atoms with Gasteiger partial charge in [-0.1, -0.05) is 36.4 Å². The molecule has 2 aromatic carbocycles. The molecule has 1 fully saturated rings. The first-order valence-corrected chi connectivity index (χ1v) is 9.51. The zero-order chi connectivity index (χ0) is 20.6. The van der Waals surface area contributed by atoms with Gasteiger partial charge in [-0.05, 0) is 36.6 Å². The summed E-state index contributed by atoms with van der Waals surface area (Å²) in [6, 6.07) is 16.1. The van der Waals surface area contributed by atoms with Gasteiger partial charge in [0.1, 0.15) is 6.61 Å². The highest BCUT2D eigenvalue weighted by molar-refractivity contribution is 5.95. The summed E-state index contributed by atoms with van der Waals surface area (Å²) >= 11 is 0. The Morgan fingerprint density at radius 1 is 1.03 bits per heavy atom. The van der Waals surface area contributed by atoms with Crippen LogP contribution in [0.4, 0.5) is 10.5 Å². The number of anilines is 1. The molecule has 0 atom stereocenters. The summed E-state index contributed by atoms with van der Waals surface area (Å²) in [7, 11) is 1.31. The molecule has 29 heavy (non-hydrogen) atoms. The molecule has 0 radical (unpaired) electrons. The number of carbonyl (C=O) groups excluding carboxylic acids is 3. The van der Waals surface area contributed by atoms with Gasteiger partial charge in [0.2, 0.25) is 5.91 Å². The van der Waals surface area contributed by atoms with Crippen LogP contribution < -0.4 is 5.32 Å². The average Bonchev–Trinajstić information content (AvgIpc) is 2.78. The number of ether oxygens (including phenoxy) is 2. The number of carbonyl (C=O) groups is 3. The summed E-state index contributed by atoms with van der Waals surface area (Å²) in [6.45, 7) is 1.17. The Labute approximate surface area is 169 Å². The number of hydrogen-bond donors (Lipinski definition) is 1. The van der Waals surface area contributed by atoms with E-state index in [0.29, 0.717) is 37.2 Å². The van der Waals surface area contributed by atoms with E-state index in [4.69, 9.17) is 9.47 Å². The van der Waals surface area contributed by atoms with Gasteiger partial charge in [-0.2, -0.15) is 0 Å².